The van der Waals surface area contributed by atoms with Crippen LogP contribution in [0.1, 0.15) is 22.7 Å². The Kier molecular flexibility index (Phi) is 3.87. The second-order valence-corrected chi connectivity index (χ2v) is 8.85. The van der Waals surface area contributed by atoms with Crippen molar-refractivity contribution < 1.29 is 14.4 Å². The molecule has 5 heterocycles. The summed E-state index contributed by atoms with van der Waals surface area (Å²) in [5, 5.41) is 0. The molecule has 1 saturated heterocycles. The van der Waals surface area contributed by atoms with Crippen LogP contribution < -0.4 is 10.5 Å². The number of hydrogen-bond acceptors (Lipinski definition) is 6. The molecule has 9 nitrogen and oxygen atoms in total. The Hall–Kier alpha value is -4.01. The molecule has 0 aliphatic carbocycles. The van der Waals surface area contributed by atoms with Crippen molar-refractivity contribution in [2.24, 2.45) is 5.41 Å². The minimum atomic E-state index is -1.65. The summed E-state index contributed by atoms with van der Waals surface area (Å²) < 4.78 is 1.43. The molecule has 0 bridgehead atoms. The molecule has 1 aromatic carbocycles. The number of imide groups is 2. The van der Waals surface area contributed by atoms with Crippen LogP contribution in [0.2, 0.25) is 0 Å². The number of barbiturate groups is 1. The van der Waals surface area contributed by atoms with E-state index in [1.54, 1.807) is 18.3 Å². The fourth-order valence-corrected chi connectivity index (χ4v) is 5.68. The minimum Gasteiger partial charge on any atom is -0.347 e. The molecular weight excluding hydrogens is 422 g/mol. The maximum Gasteiger partial charge on any atom is 0.332 e. The highest BCUT2D eigenvalue weighted by atomic mass is 16.2. The average Bonchev–Trinajstić information content (AvgIpc) is 2.85. The average molecular weight is 443 g/mol. The SMILES string of the molecule is CN1C(=O)N(C)C(=O)C2(Cc3c(nc4ccccn4c3=O)N3CCc4ccccc4[C@H]32)C1=O. The zero-order valence-electron chi connectivity index (χ0n) is 18.2. The van der Waals surface area contributed by atoms with Crippen LogP contribution in [-0.4, -0.2) is 57.7 Å². The maximum atomic E-state index is 13.8. The fourth-order valence-electron chi connectivity index (χ4n) is 5.68. The first kappa shape index (κ1) is 19.7. The van der Waals surface area contributed by atoms with Gasteiger partial charge in [-0.2, -0.15) is 0 Å². The van der Waals surface area contributed by atoms with E-state index in [2.05, 4.69) is 0 Å². The third kappa shape index (κ3) is 2.33. The van der Waals surface area contributed by atoms with Gasteiger partial charge in [0.25, 0.3) is 5.56 Å². The Morgan fingerprint density at radius 2 is 1.64 bits per heavy atom. The smallest absolute Gasteiger partial charge is 0.332 e. The number of fused-ring (bicyclic) bond motifs is 7. The van der Waals surface area contributed by atoms with Gasteiger partial charge in [-0.1, -0.05) is 30.3 Å². The second-order valence-electron chi connectivity index (χ2n) is 8.85. The highest BCUT2D eigenvalue weighted by Crippen LogP contribution is 2.53. The molecule has 2 aromatic heterocycles. The summed E-state index contributed by atoms with van der Waals surface area (Å²) in [6.45, 7) is 0.494. The van der Waals surface area contributed by atoms with Gasteiger partial charge in [-0.15, -0.1) is 0 Å². The Bertz CT molecular complexity index is 1420. The monoisotopic (exact) mass is 443 g/mol. The van der Waals surface area contributed by atoms with E-state index in [4.69, 9.17) is 4.98 Å². The Labute approximate surface area is 188 Å². The molecule has 166 valence electrons. The lowest BCUT2D eigenvalue weighted by molar-refractivity contribution is -0.159. The number of carbonyl (C=O) groups excluding carboxylic acids is 3. The standard InChI is InChI=1S/C24H21N5O4/c1-26-21(31)24(22(32)27(2)23(26)33)13-16-19(25-17-9-5-6-11-28(17)20(16)30)29-12-10-14-7-3-4-8-15(14)18(24)29/h3-9,11,18H,10,12-13H2,1-2H3/t18-/m0/s1. The number of carbonyl (C=O) groups is 3. The van der Waals surface area contributed by atoms with Crippen molar-refractivity contribution in [3.63, 3.8) is 0 Å². The quantitative estimate of drug-likeness (QED) is 0.488. The number of hydrogen-bond donors (Lipinski definition) is 0. The lowest BCUT2D eigenvalue weighted by Crippen LogP contribution is -2.69. The Morgan fingerprint density at radius 3 is 2.39 bits per heavy atom. The van der Waals surface area contributed by atoms with E-state index in [1.165, 1.54) is 18.5 Å². The van der Waals surface area contributed by atoms with Crippen molar-refractivity contribution in [3.05, 3.63) is 75.7 Å². The fraction of sp³-hybridized carbons (Fsp3) is 0.292. The van der Waals surface area contributed by atoms with Crippen molar-refractivity contribution in [1.82, 2.24) is 19.2 Å². The summed E-state index contributed by atoms with van der Waals surface area (Å²) in [7, 11) is 2.77. The number of urea groups is 1. The van der Waals surface area contributed by atoms with Crippen molar-refractivity contribution in [1.29, 1.82) is 0 Å². The first-order valence-electron chi connectivity index (χ1n) is 10.8. The third-order valence-corrected chi connectivity index (χ3v) is 7.23. The molecule has 6 rings (SSSR count). The summed E-state index contributed by atoms with van der Waals surface area (Å²) in [4.78, 5) is 62.5. The number of amides is 4. The van der Waals surface area contributed by atoms with Gasteiger partial charge in [0.2, 0.25) is 11.8 Å². The Balaban J connectivity index is 1.70. The van der Waals surface area contributed by atoms with Crippen molar-refractivity contribution in [2.75, 3.05) is 25.5 Å². The largest absolute Gasteiger partial charge is 0.347 e. The topological polar surface area (TPSA) is 95.3 Å². The molecule has 4 amide bonds. The van der Waals surface area contributed by atoms with E-state index in [0.29, 0.717) is 30.0 Å². The number of benzene rings is 1. The van der Waals surface area contributed by atoms with Crippen LogP contribution in [0.15, 0.2) is 53.5 Å². The lowest BCUT2D eigenvalue weighted by atomic mass is 9.65. The van der Waals surface area contributed by atoms with Gasteiger partial charge in [0.1, 0.15) is 11.5 Å². The van der Waals surface area contributed by atoms with Gasteiger partial charge < -0.3 is 4.90 Å². The minimum absolute atomic E-state index is 0.124. The summed E-state index contributed by atoms with van der Waals surface area (Å²) >= 11 is 0. The highest BCUT2D eigenvalue weighted by Gasteiger charge is 2.65. The predicted octanol–water partition coefficient (Wildman–Crippen LogP) is 1.39. The molecule has 1 atom stereocenters. The number of anilines is 1. The second kappa shape index (κ2) is 6.50. The van der Waals surface area contributed by atoms with Gasteiger partial charge >= 0.3 is 6.03 Å². The van der Waals surface area contributed by atoms with Gasteiger partial charge in [0, 0.05) is 33.3 Å². The zero-order valence-corrected chi connectivity index (χ0v) is 18.2. The number of rotatable bonds is 0. The van der Waals surface area contributed by atoms with Crippen LogP contribution in [0.4, 0.5) is 10.6 Å². The first-order chi connectivity index (χ1) is 15.9. The van der Waals surface area contributed by atoms with Crippen molar-refractivity contribution in [2.45, 2.75) is 18.9 Å². The summed E-state index contributed by atoms with van der Waals surface area (Å²) in [5.74, 6) is -0.685. The molecule has 0 radical (unpaired) electrons. The molecule has 0 N–H and O–H groups in total. The molecule has 3 aliphatic rings. The predicted molar refractivity (Wildman–Crippen MR) is 119 cm³/mol. The van der Waals surface area contributed by atoms with Gasteiger partial charge in [-0.05, 0) is 29.7 Å². The van der Waals surface area contributed by atoms with E-state index < -0.39 is 29.3 Å². The molecule has 3 aromatic rings. The van der Waals surface area contributed by atoms with Crippen LogP contribution >= 0.6 is 0 Å². The van der Waals surface area contributed by atoms with Gasteiger partial charge in [0.15, 0.2) is 5.41 Å². The van der Waals surface area contributed by atoms with E-state index in [9.17, 15) is 19.2 Å². The lowest BCUT2D eigenvalue weighted by Gasteiger charge is -2.54. The highest BCUT2D eigenvalue weighted by molar-refractivity contribution is 6.20. The maximum absolute atomic E-state index is 13.8. The first-order valence-corrected chi connectivity index (χ1v) is 10.8. The van der Waals surface area contributed by atoms with E-state index in [1.807, 2.05) is 35.2 Å². The van der Waals surface area contributed by atoms with Gasteiger partial charge in [-0.3, -0.25) is 28.6 Å². The molecule has 1 fully saturated rings. The van der Waals surface area contributed by atoms with E-state index in [0.717, 1.165) is 20.9 Å². The Morgan fingerprint density at radius 1 is 0.939 bits per heavy atom. The molecular formula is C24H21N5O4. The number of pyridine rings is 1. The molecule has 9 heteroatoms. The molecule has 3 aliphatic heterocycles. The van der Waals surface area contributed by atoms with Crippen LogP contribution in [-0.2, 0) is 22.4 Å². The molecule has 0 saturated carbocycles. The molecule has 0 unspecified atom stereocenters. The number of aromatic nitrogens is 2. The van der Waals surface area contributed by atoms with Crippen LogP contribution in [0.25, 0.3) is 5.65 Å². The van der Waals surface area contributed by atoms with Crippen LogP contribution in [0, 0.1) is 5.41 Å². The van der Waals surface area contributed by atoms with Crippen LogP contribution in [0.5, 0.6) is 0 Å². The summed E-state index contributed by atoms with van der Waals surface area (Å²) in [6, 6.07) is 11.7. The van der Waals surface area contributed by atoms with E-state index in [-0.39, 0.29) is 12.0 Å². The summed E-state index contributed by atoms with van der Waals surface area (Å²) in [5.41, 5.74) is 0.747. The third-order valence-electron chi connectivity index (χ3n) is 7.23. The van der Waals surface area contributed by atoms with Gasteiger partial charge in [0.05, 0.1) is 11.6 Å². The molecule has 1 spiro atoms. The van der Waals surface area contributed by atoms with E-state index >= 15 is 0 Å². The van der Waals surface area contributed by atoms with Crippen LogP contribution in [0.3, 0.4) is 0 Å². The number of nitrogens with zero attached hydrogens (tertiary/aromatic N) is 5. The normalized spacial score (nSPS) is 21.3. The molecule has 33 heavy (non-hydrogen) atoms. The van der Waals surface area contributed by atoms with Gasteiger partial charge in [-0.25, -0.2) is 9.78 Å². The van der Waals surface area contributed by atoms with Crippen molar-refractivity contribution in [3.8, 4) is 0 Å². The zero-order chi connectivity index (χ0) is 23.1. The summed E-state index contributed by atoms with van der Waals surface area (Å²) in [6.07, 6.45) is 2.19. The van der Waals surface area contributed by atoms with Crippen molar-refractivity contribution >= 4 is 29.3 Å².